The van der Waals surface area contributed by atoms with E-state index < -0.39 is 27.2 Å². The van der Waals surface area contributed by atoms with Crippen LogP contribution in [0.15, 0.2) is 0 Å². The van der Waals surface area contributed by atoms with Gasteiger partial charge >= 0.3 is 10.3 Å². The zero-order chi connectivity index (χ0) is 12.9. The molecule has 0 aromatic rings. The molecule has 17 heavy (non-hydrogen) atoms. The fourth-order valence-corrected chi connectivity index (χ4v) is 3.30. The molecule has 2 saturated carbocycles. The van der Waals surface area contributed by atoms with E-state index in [4.69, 9.17) is 4.18 Å². The monoisotopic (exact) mass is 261 g/mol. The second-order valence-corrected chi connectivity index (χ2v) is 6.92. The van der Waals surface area contributed by atoms with E-state index in [-0.39, 0.29) is 5.92 Å². The van der Waals surface area contributed by atoms with Gasteiger partial charge in [0.1, 0.15) is 0 Å². The number of rotatable bonds is 5. The molecule has 0 radical (unpaired) electrons. The van der Waals surface area contributed by atoms with Gasteiger partial charge in [0, 0.05) is 0 Å². The van der Waals surface area contributed by atoms with Crippen LogP contribution in [0.4, 0.5) is 0 Å². The maximum absolute atomic E-state index is 11.8. The van der Waals surface area contributed by atoms with Crippen LogP contribution in [0.25, 0.3) is 0 Å². The van der Waals surface area contributed by atoms with Crippen LogP contribution in [0, 0.1) is 11.3 Å². The van der Waals surface area contributed by atoms with Crippen LogP contribution in [0.5, 0.6) is 0 Å². The standard InChI is InChI=1S/C11H19NO4S/c1-4-8-7-11(8,3)9(13)12-17(14,15)16-10(2)5-6-10/h8H,4-7H2,1-3H3,(H,12,13)/t8-,11+/m1/s1. The molecule has 98 valence electrons. The minimum atomic E-state index is -3.95. The van der Waals surface area contributed by atoms with Crippen LogP contribution in [0.3, 0.4) is 0 Å². The third kappa shape index (κ3) is 2.63. The van der Waals surface area contributed by atoms with Crippen molar-refractivity contribution in [1.82, 2.24) is 4.72 Å². The third-order valence-corrected chi connectivity index (χ3v) is 4.96. The Bertz CT molecular complexity index is 440. The van der Waals surface area contributed by atoms with Crippen LogP contribution >= 0.6 is 0 Å². The lowest BCUT2D eigenvalue weighted by Gasteiger charge is -2.14. The number of hydrogen-bond donors (Lipinski definition) is 1. The quantitative estimate of drug-likeness (QED) is 0.811. The summed E-state index contributed by atoms with van der Waals surface area (Å²) in [6.07, 6.45) is 3.08. The van der Waals surface area contributed by atoms with Crippen LogP contribution in [-0.2, 0) is 19.3 Å². The van der Waals surface area contributed by atoms with Crippen molar-refractivity contribution in [3.8, 4) is 0 Å². The summed E-state index contributed by atoms with van der Waals surface area (Å²) in [5, 5.41) is 0. The largest absolute Gasteiger partial charge is 0.362 e. The second kappa shape index (κ2) is 3.68. The summed E-state index contributed by atoms with van der Waals surface area (Å²) in [5.41, 5.74) is -1.13. The van der Waals surface area contributed by atoms with E-state index in [9.17, 15) is 13.2 Å². The van der Waals surface area contributed by atoms with Crippen molar-refractivity contribution in [1.29, 1.82) is 0 Å². The number of amides is 1. The molecule has 0 aromatic carbocycles. The molecule has 1 N–H and O–H groups in total. The molecule has 0 aromatic heterocycles. The maximum atomic E-state index is 11.8. The van der Waals surface area contributed by atoms with E-state index >= 15 is 0 Å². The Balaban J connectivity index is 1.95. The summed E-state index contributed by atoms with van der Waals surface area (Å²) in [6.45, 7) is 5.52. The predicted molar refractivity (Wildman–Crippen MR) is 62.3 cm³/mol. The summed E-state index contributed by atoms with van der Waals surface area (Å²) in [6, 6.07) is 0. The summed E-state index contributed by atoms with van der Waals surface area (Å²) in [5.74, 6) is -0.150. The molecule has 0 spiro atoms. The minimum absolute atomic E-state index is 0.286. The molecule has 2 aliphatic rings. The number of hydrogen-bond acceptors (Lipinski definition) is 4. The van der Waals surface area contributed by atoms with E-state index in [1.807, 2.05) is 11.6 Å². The molecule has 2 rings (SSSR count). The molecular formula is C11H19NO4S. The van der Waals surface area contributed by atoms with Crippen LogP contribution < -0.4 is 4.72 Å². The first-order valence-electron chi connectivity index (χ1n) is 5.99. The lowest BCUT2D eigenvalue weighted by molar-refractivity contribution is -0.124. The normalized spacial score (nSPS) is 34.2. The van der Waals surface area contributed by atoms with Gasteiger partial charge in [-0.25, -0.2) is 8.91 Å². The topological polar surface area (TPSA) is 72.5 Å². The molecule has 2 aliphatic carbocycles. The molecule has 1 amide bonds. The van der Waals surface area contributed by atoms with Gasteiger partial charge in [0.25, 0.3) is 0 Å². The SMILES string of the molecule is CC[C@@H]1C[C@]1(C)C(=O)NS(=O)(=O)OC1(C)CC1. The van der Waals surface area contributed by atoms with Gasteiger partial charge in [0.2, 0.25) is 5.91 Å². The van der Waals surface area contributed by atoms with Gasteiger partial charge in [-0.05, 0) is 32.1 Å². The van der Waals surface area contributed by atoms with Gasteiger partial charge in [-0.1, -0.05) is 20.3 Å². The van der Waals surface area contributed by atoms with Crippen LogP contribution in [0.2, 0.25) is 0 Å². The van der Waals surface area contributed by atoms with E-state index in [0.717, 1.165) is 25.7 Å². The van der Waals surface area contributed by atoms with Gasteiger partial charge in [0.15, 0.2) is 0 Å². The van der Waals surface area contributed by atoms with Crippen molar-refractivity contribution in [2.24, 2.45) is 11.3 Å². The molecule has 0 aliphatic heterocycles. The molecule has 0 heterocycles. The molecule has 0 unspecified atom stereocenters. The van der Waals surface area contributed by atoms with E-state index in [0.29, 0.717) is 0 Å². The molecule has 5 nitrogen and oxygen atoms in total. The molecular weight excluding hydrogens is 242 g/mol. The highest BCUT2D eigenvalue weighted by Crippen LogP contribution is 2.54. The lowest BCUT2D eigenvalue weighted by atomic mass is 10.1. The van der Waals surface area contributed by atoms with E-state index in [2.05, 4.69) is 0 Å². The maximum Gasteiger partial charge on any atom is 0.362 e. The Morgan fingerprint density at radius 1 is 1.41 bits per heavy atom. The van der Waals surface area contributed by atoms with Crippen molar-refractivity contribution in [2.75, 3.05) is 0 Å². The molecule has 2 atom stereocenters. The van der Waals surface area contributed by atoms with Crippen LogP contribution in [0.1, 0.15) is 46.5 Å². The number of nitrogens with one attached hydrogen (secondary N) is 1. The smallest absolute Gasteiger partial charge is 0.273 e. The van der Waals surface area contributed by atoms with E-state index in [1.54, 1.807) is 13.8 Å². The minimum Gasteiger partial charge on any atom is -0.273 e. The van der Waals surface area contributed by atoms with Crippen molar-refractivity contribution < 1.29 is 17.4 Å². The summed E-state index contributed by atoms with van der Waals surface area (Å²) >= 11 is 0. The molecule has 0 saturated heterocycles. The van der Waals surface area contributed by atoms with Crippen molar-refractivity contribution >= 4 is 16.2 Å². The summed E-state index contributed by atoms with van der Waals surface area (Å²) in [7, 11) is -3.95. The first-order chi connectivity index (χ1) is 7.71. The average molecular weight is 261 g/mol. The highest BCUT2D eigenvalue weighted by molar-refractivity contribution is 7.85. The number of carbonyl (C=O) groups is 1. The summed E-state index contributed by atoms with van der Waals surface area (Å²) < 4.78 is 30.2. The van der Waals surface area contributed by atoms with Gasteiger partial charge in [-0.3, -0.25) is 4.79 Å². The van der Waals surface area contributed by atoms with Crippen molar-refractivity contribution in [3.63, 3.8) is 0 Å². The third-order valence-electron chi connectivity index (χ3n) is 3.91. The zero-order valence-electron chi connectivity index (χ0n) is 10.4. The summed E-state index contributed by atoms with van der Waals surface area (Å²) in [4.78, 5) is 11.8. The Hall–Kier alpha value is -0.620. The zero-order valence-corrected chi connectivity index (χ0v) is 11.3. The first-order valence-corrected chi connectivity index (χ1v) is 7.39. The van der Waals surface area contributed by atoms with Crippen LogP contribution in [-0.4, -0.2) is 19.9 Å². The molecule has 2 fully saturated rings. The Morgan fingerprint density at radius 2 is 2.00 bits per heavy atom. The van der Waals surface area contributed by atoms with Gasteiger partial charge in [-0.2, -0.15) is 8.42 Å². The molecule has 6 heteroatoms. The van der Waals surface area contributed by atoms with Gasteiger partial charge in [0.05, 0.1) is 11.0 Å². The molecule has 0 bridgehead atoms. The Kier molecular flexibility index (Phi) is 2.78. The fraction of sp³-hybridized carbons (Fsp3) is 0.909. The average Bonchev–Trinajstić information content (AvgIpc) is 3.05. The number of carbonyl (C=O) groups excluding carboxylic acids is 1. The Labute approximate surface area is 102 Å². The highest BCUT2D eigenvalue weighted by atomic mass is 32.2. The second-order valence-electron chi connectivity index (χ2n) is 5.65. The van der Waals surface area contributed by atoms with Gasteiger partial charge in [-0.15, -0.1) is 0 Å². The Morgan fingerprint density at radius 3 is 2.41 bits per heavy atom. The van der Waals surface area contributed by atoms with Crippen molar-refractivity contribution in [3.05, 3.63) is 0 Å². The highest BCUT2D eigenvalue weighted by Gasteiger charge is 2.56. The van der Waals surface area contributed by atoms with Gasteiger partial charge < -0.3 is 0 Å². The lowest BCUT2D eigenvalue weighted by Crippen LogP contribution is -2.39. The van der Waals surface area contributed by atoms with E-state index in [1.165, 1.54) is 0 Å². The predicted octanol–water partition coefficient (Wildman–Crippen LogP) is 1.35. The fourth-order valence-electron chi connectivity index (χ4n) is 2.10. The first kappa shape index (κ1) is 12.8. The van der Waals surface area contributed by atoms with Crippen molar-refractivity contribution in [2.45, 2.75) is 52.1 Å².